The first kappa shape index (κ1) is 11.5. The highest BCUT2D eigenvalue weighted by Crippen LogP contribution is 2.31. The molecule has 1 atom stereocenters. The molecule has 1 aliphatic heterocycles. The number of nitrogens with zero attached hydrogens (tertiary/aromatic N) is 2. The first-order valence-corrected chi connectivity index (χ1v) is 5.95. The number of aliphatic hydroxyl groups is 1. The summed E-state index contributed by atoms with van der Waals surface area (Å²) in [5, 5.41) is 9.06. The van der Waals surface area contributed by atoms with Crippen LogP contribution in [0.25, 0.3) is 0 Å². The monoisotopic (exact) mass is 284 g/mol. The Bertz CT molecular complexity index is 422. The van der Waals surface area contributed by atoms with Crippen LogP contribution >= 0.6 is 15.9 Å². The molecular formula is C11H13BrN2O2. The van der Waals surface area contributed by atoms with Crippen LogP contribution in [0.15, 0.2) is 16.7 Å². The number of aliphatic hydroxyl groups excluding tert-OH is 1. The van der Waals surface area contributed by atoms with Gasteiger partial charge in [0.15, 0.2) is 0 Å². The van der Waals surface area contributed by atoms with Crippen molar-refractivity contribution in [2.75, 3.05) is 18.1 Å². The minimum absolute atomic E-state index is 0.0258. The number of halogens is 1. The van der Waals surface area contributed by atoms with Crippen molar-refractivity contribution in [1.82, 2.24) is 4.98 Å². The van der Waals surface area contributed by atoms with Crippen LogP contribution in [-0.4, -0.2) is 29.1 Å². The lowest BCUT2D eigenvalue weighted by atomic mass is 10.1. The Morgan fingerprint density at radius 2 is 2.44 bits per heavy atom. The smallest absolute Gasteiger partial charge is 0.228 e. The van der Waals surface area contributed by atoms with Gasteiger partial charge in [-0.2, -0.15) is 0 Å². The summed E-state index contributed by atoms with van der Waals surface area (Å²) in [7, 11) is 0. The van der Waals surface area contributed by atoms with Crippen molar-refractivity contribution in [2.45, 2.75) is 13.3 Å². The van der Waals surface area contributed by atoms with Crippen LogP contribution in [0.5, 0.6) is 0 Å². The first-order chi connectivity index (χ1) is 7.63. The summed E-state index contributed by atoms with van der Waals surface area (Å²) in [6.07, 6.45) is 2.09. The van der Waals surface area contributed by atoms with Gasteiger partial charge in [0, 0.05) is 31.7 Å². The van der Waals surface area contributed by atoms with Gasteiger partial charge in [-0.25, -0.2) is 4.98 Å². The van der Waals surface area contributed by atoms with Crippen LogP contribution in [0.1, 0.15) is 12.0 Å². The Morgan fingerprint density at radius 3 is 3.06 bits per heavy atom. The molecule has 1 aliphatic rings. The van der Waals surface area contributed by atoms with Crippen molar-refractivity contribution >= 4 is 27.7 Å². The van der Waals surface area contributed by atoms with Crippen molar-refractivity contribution in [3.05, 3.63) is 22.3 Å². The Balaban J connectivity index is 2.31. The first-order valence-electron chi connectivity index (χ1n) is 5.15. The molecule has 1 fully saturated rings. The zero-order valence-electron chi connectivity index (χ0n) is 8.98. The van der Waals surface area contributed by atoms with E-state index in [1.807, 2.05) is 13.0 Å². The van der Waals surface area contributed by atoms with E-state index in [0.717, 1.165) is 10.0 Å². The highest BCUT2D eigenvalue weighted by Gasteiger charge is 2.32. The van der Waals surface area contributed by atoms with Gasteiger partial charge >= 0.3 is 0 Å². The summed E-state index contributed by atoms with van der Waals surface area (Å²) in [6, 6.07) is 1.89. The third kappa shape index (κ3) is 1.97. The maximum atomic E-state index is 11.8. The molecule has 16 heavy (non-hydrogen) atoms. The Hall–Kier alpha value is -0.940. The van der Waals surface area contributed by atoms with E-state index in [0.29, 0.717) is 18.8 Å². The Morgan fingerprint density at radius 1 is 1.69 bits per heavy atom. The largest absolute Gasteiger partial charge is 0.396 e. The van der Waals surface area contributed by atoms with Crippen molar-refractivity contribution in [1.29, 1.82) is 0 Å². The van der Waals surface area contributed by atoms with Crippen molar-refractivity contribution in [3.63, 3.8) is 0 Å². The summed E-state index contributed by atoms with van der Waals surface area (Å²) in [4.78, 5) is 17.6. The molecule has 1 aromatic rings. The van der Waals surface area contributed by atoms with Gasteiger partial charge in [-0.15, -0.1) is 0 Å². The van der Waals surface area contributed by atoms with Crippen molar-refractivity contribution in [3.8, 4) is 0 Å². The lowest BCUT2D eigenvalue weighted by molar-refractivity contribution is -0.117. The molecule has 0 radical (unpaired) electrons. The third-order valence-corrected chi connectivity index (χ3v) is 3.76. The molecule has 1 amide bonds. The number of hydrogen-bond donors (Lipinski definition) is 1. The van der Waals surface area contributed by atoms with Gasteiger partial charge in [0.1, 0.15) is 5.82 Å². The van der Waals surface area contributed by atoms with Crippen LogP contribution in [0.3, 0.4) is 0 Å². The lowest BCUT2D eigenvalue weighted by Crippen LogP contribution is -2.26. The number of hydrogen-bond acceptors (Lipinski definition) is 3. The SMILES string of the molecule is Cc1ccnc(N2CC(CO)CC2=O)c1Br. The van der Waals surface area contributed by atoms with E-state index in [4.69, 9.17) is 5.11 Å². The molecule has 0 bridgehead atoms. The average molecular weight is 285 g/mol. The van der Waals surface area contributed by atoms with E-state index in [2.05, 4.69) is 20.9 Å². The minimum atomic E-state index is 0.0258. The van der Waals surface area contributed by atoms with Gasteiger partial charge in [-0.3, -0.25) is 9.69 Å². The van der Waals surface area contributed by atoms with E-state index in [-0.39, 0.29) is 18.4 Å². The number of rotatable bonds is 2. The standard InChI is InChI=1S/C11H13BrN2O2/c1-7-2-3-13-11(10(7)12)14-5-8(6-15)4-9(14)16/h2-3,8,15H,4-6H2,1H3. The van der Waals surface area contributed by atoms with E-state index in [1.165, 1.54) is 0 Å². The molecular weight excluding hydrogens is 272 g/mol. The highest BCUT2D eigenvalue weighted by molar-refractivity contribution is 9.10. The second kappa shape index (κ2) is 4.51. The molecule has 0 aliphatic carbocycles. The number of carbonyl (C=O) groups is 1. The fraction of sp³-hybridized carbons (Fsp3) is 0.455. The topological polar surface area (TPSA) is 53.4 Å². The summed E-state index contributed by atoms with van der Waals surface area (Å²) in [6.45, 7) is 2.55. The molecule has 1 unspecified atom stereocenters. The highest BCUT2D eigenvalue weighted by atomic mass is 79.9. The minimum Gasteiger partial charge on any atom is -0.396 e. The molecule has 0 spiro atoms. The molecule has 1 saturated heterocycles. The van der Waals surface area contributed by atoms with E-state index >= 15 is 0 Å². The molecule has 2 rings (SSSR count). The molecule has 86 valence electrons. The fourth-order valence-corrected chi connectivity index (χ4v) is 2.27. The number of aromatic nitrogens is 1. The van der Waals surface area contributed by atoms with Crippen molar-refractivity contribution < 1.29 is 9.90 Å². The molecule has 4 nitrogen and oxygen atoms in total. The van der Waals surface area contributed by atoms with Gasteiger partial charge in [0.25, 0.3) is 0 Å². The third-order valence-electron chi connectivity index (χ3n) is 2.78. The second-order valence-electron chi connectivity index (χ2n) is 4.02. The lowest BCUT2D eigenvalue weighted by Gasteiger charge is -2.17. The summed E-state index contributed by atoms with van der Waals surface area (Å²) >= 11 is 3.44. The second-order valence-corrected chi connectivity index (χ2v) is 4.82. The van der Waals surface area contributed by atoms with Gasteiger partial charge < -0.3 is 5.11 Å². The zero-order valence-corrected chi connectivity index (χ0v) is 10.6. The fourth-order valence-electron chi connectivity index (χ4n) is 1.82. The summed E-state index contributed by atoms with van der Waals surface area (Å²) < 4.78 is 0.849. The van der Waals surface area contributed by atoms with Crippen molar-refractivity contribution in [2.24, 2.45) is 5.92 Å². The van der Waals surface area contributed by atoms with Crippen LogP contribution in [-0.2, 0) is 4.79 Å². The molecule has 5 heteroatoms. The van der Waals surface area contributed by atoms with Crippen LogP contribution in [0.4, 0.5) is 5.82 Å². The Labute approximate surface area is 102 Å². The van der Waals surface area contributed by atoms with Gasteiger partial charge in [-0.1, -0.05) is 0 Å². The van der Waals surface area contributed by atoms with Crippen LogP contribution in [0, 0.1) is 12.8 Å². The average Bonchev–Trinajstić information content (AvgIpc) is 2.64. The number of carbonyl (C=O) groups excluding carboxylic acids is 1. The van der Waals surface area contributed by atoms with Gasteiger partial charge in [-0.05, 0) is 34.5 Å². The molecule has 2 heterocycles. The number of amides is 1. The molecule has 0 saturated carbocycles. The predicted octanol–water partition coefficient (Wildman–Crippen LogP) is 1.50. The van der Waals surface area contributed by atoms with Crippen LogP contribution < -0.4 is 4.90 Å². The van der Waals surface area contributed by atoms with E-state index in [1.54, 1.807) is 11.1 Å². The number of anilines is 1. The zero-order chi connectivity index (χ0) is 11.7. The Kier molecular flexibility index (Phi) is 3.25. The maximum Gasteiger partial charge on any atom is 0.228 e. The quantitative estimate of drug-likeness (QED) is 0.896. The maximum absolute atomic E-state index is 11.8. The molecule has 0 aromatic carbocycles. The van der Waals surface area contributed by atoms with Gasteiger partial charge in [0.2, 0.25) is 5.91 Å². The molecule has 1 aromatic heterocycles. The summed E-state index contributed by atoms with van der Waals surface area (Å²) in [5.41, 5.74) is 1.05. The normalized spacial score (nSPS) is 20.6. The van der Waals surface area contributed by atoms with Gasteiger partial charge in [0.05, 0.1) is 4.47 Å². The number of aryl methyl sites for hydroxylation is 1. The predicted molar refractivity (Wildman–Crippen MR) is 64.2 cm³/mol. The number of pyridine rings is 1. The van der Waals surface area contributed by atoms with Crippen LogP contribution in [0.2, 0.25) is 0 Å². The molecule has 1 N–H and O–H groups in total. The van der Waals surface area contributed by atoms with E-state index < -0.39 is 0 Å². The van der Waals surface area contributed by atoms with E-state index in [9.17, 15) is 4.79 Å². The summed E-state index contributed by atoms with van der Waals surface area (Å²) in [5.74, 6) is 0.709.